The van der Waals surface area contributed by atoms with Crippen molar-refractivity contribution in [3.63, 3.8) is 0 Å². The van der Waals surface area contributed by atoms with Crippen LogP contribution in [0.25, 0.3) is 5.69 Å². The Balaban J connectivity index is 1.90. The van der Waals surface area contributed by atoms with Gasteiger partial charge in [0.25, 0.3) is 0 Å². The van der Waals surface area contributed by atoms with Gasteiger partial charge >= 0.3 is 5.97 Å². The lowest BCUT2D eigenvalue weighted by atomic mass is 9.90. The van der Waals surface area contributed by atoms with Crippen molar-refractivity contribution in [1.29, 1.82) is 0 Å². The number of hydrogen-bond acceptors (Lipinski definition) is 4. The summed E-state index contributed by atoms with van der Waals surface area (Å²) in [6.07, 6.45) is 0. The van der Waals surface area contributed by atoms with Crippen molar-refractivity contribution in [3.05, 3.63) is 108 Å². The molecule has 0 aliphatic heterocycles. The van der Waals surface area contributed by atoms with Crippen LogP contribution in [0.2, 0.25) is 0 Å². The minimum absolute atomic E-state index is 0.0771. The number of thioether (sulfide) groups is 1. The van der Waals surface area contributed by atoms with E-state index in [9.17, 15) is 4.79 Å². The quantitative estimate of drug-likeness (QED) is 0.458. The highest BCUT2D eigenvalue weighted by Gasteiger charge is 2.26. The van der Waals surface area contributed by atoms with Gasteiger partial charge in [0.15, 0.2) is 5.16 Å². The van der Waals surface area contributed by atoms with Crippen LogP contribution in [0.4, 0.5) is 0 Å². The Bertz CT molecular complexity index is 1040. The number of aromatic nitrogens is 3. The third kappa shape index (κ3) is 4.22. The molecule has 0 spiro atoms. The summed E-state index contributed by atoms with van der Waals surface area (Å²) in [5, 5.41) is 18.6. The summed E-state index contributed by atoms with van der Waals surface area (Å²) in [7, 11) is 0. The number of para-hydroxylation sites is 1. The van der Waals surface area contributed by atoms with Gasteiger partial charge in [-0.25, -0.2) is 0 Å². The summed E-state index contributed by atoms with van der Waals surface area (Å²) in [5.74, 6) is -0.348. The zero-order valence-corrected chi connectivity index (χ0v) is 16.4. The van der Waals surface area contributed by atoms with Crippen molar-refractivity contribution in [2.75, 3.05) is 5.75 Å². The maximum absolute atomic E-state index is 11.1. The van der Waals surface area contributed by atoms with E-state index >= 15 is 0 Å². The molecule has 0 amide bonds. The number of carboxylic acid groups (broad SMARTS) is 1. The predicted octanol–water partition coefficient (Wildman–Crippen LogP) is 4.62. The zero-order chi connectivity index (χ0) is 20.1. The van der Waals surface area contributed by atoms with Crippen LogP contribution in [0.1, 0.15) is 22.9 Å². The van der Waals surface area contributed by atoms with Crippen LogP contribution in [-0.2, 0) is 4.79 Å². The highest BCUT2D eigenvalue weighted by molar-refractivity contribution is 7.99. The Morgan fingerprint density at radius 2 is 1.34 bits per heavy atom. The SMILES string of the molecule is O=C(O)CSc1nnc(C(c2ccccc2)c2ccccc2)n1-c1ccccc1. The van der Waals surface area contributed by atoms with Crippen molar-refractivity contribution < 1.29 is 9.90 Å². The second-order valence-corrected chi connectivity index (χ2v) is 7.39. The number of nitrogens with zero attached hydrogens (tertiary/aromatic N) is 3. The first kappa shape index (κ1) is 19.0. The molecule has 3 aromatic carbocycles. The normalized spacial score (nSPS) is 10.9. The summed E-state index contributed by atoms with van der Waals surface area (Å²) < 4.78 is 1.96. The first-order chi connectivity index (χ1) is 14.2. The van der Waals surface area contributed by atoms with Gasteiger partial charge in [-0.1, -0.05) is 90.6 Å². The number of carbonyl (C=O) groups is 1. The molecule has 6 heteroatoms. The average Bonchev–Trinajstić information content (AvgIpc) is 3.18. The molecule has 1 heterocycles. The molecule has 0 radical (unpaired) electrons. The Morgan fingerprint density at radius 3 is 1.86 bits per heavy atom. The van der Waals surface area contributed by atoms with Crippen LogP contribution in [-0.4, -0.2) is 31.6 Å². The maximum Gasteiger partial charge on any atom is 0.313 e. The zero-order valence-electron chi connectivity index (χ0n) is 15.6. The Hall–Kier alpha value is -3.38. The molecule has 0 saturated heterocycles. The number of benzene rings is 3. The van der Waals surface area contributed by atoms with Crippen LogP contribution in [0.15, 0.2) is 96.2 Å². The number of hydrogen-bond donors (Lipinski definition) is 1. The summed E-state index contributed by atoms with van der Waals surface area (Å²) in [4.78, 5) is 11.1. The molecular formula is C23H19N3O2S. The Kier molecular flexibility index (Phi) is 5.72. The second-order valence-electron chi connectivity index (χ2n) is 6.45. The van der Waals surface area contributed by atoms with Gasteiger partial charge in [0.1, 0.15) is 5.82 Å². The average molecular weight is 401 g/mol. The lowest BCUT2D eigenvalue weighted by Gasteiger charge is -2.19. The van der Waals surface area contributed by atoms with E-state index in [-0.39, 0.29) is 11.7 Å². The van der Waals surface area contributed by atoms with Gasteiger partial charge in [-0.05, 0) is 23.3 Å². The fourth-order valence-electron chi connectivity index (χ4n) is 3.29. The van der Waals surface area contributed by atoms with Gasteiger partial charge in [-0.3, -0.25) is 9.36 Å². The lowest BCUT2D eigenvalue weighted by molar-refractivity contribution is -0.133. The van der Waals surface area contributed by atoms with Crippen molar-refractivity contribution in [3.8, 4) is 5.69 Å². The van der Waals surface area contributed by atoms with Gasteiger partial charge in [0, 0.05) is 5.69 Å². The third-order valence-electron chi connectivity index (χ3n) is 4.52. The number of aliphatic carboxylic acids is 1. The van der Waals surface area contributed by atoms with E-state index in [0.717, 1.165) is 22.6 Å². The molecule has 1 N–H and O–H groups in total. The van der Waals surface area contributed by atoms with Crippen LogP contribution < -0.4 is 0 Å². The molecule has 0 fully saturated rings. The first-order valence-corrected chi connectivity index (χ1v) is 10.2. The van der Waals surface area contributed by atoms with Gasteiger partial charge in [0.05, 0.1) is 11.7 Å². The molecule has 1 aromatic heterocycles. The van der Waals surface area contributed by atoms with Crippen LogP contribution >= 0.6 is 11.8 Å². The molecule has 0 saturated carbocycles. The van der Waals surface area contributed by atoms with E-state index < -0.39 is 5.97 Å². The molecule has 0 unspecified atom stereocenters. The molecule has 5 nitrogen and oxygen atoms in total. The predicted molar refractivity (Wildman–Crippen MR) is 114 cm³/mol. The smallest absolute Gasteiger partial charge is 0.313 e. The molecule has 0 aliphatic carbocycles. The second kappa shape index (κ2) is 8.75. The van der Waals surface area contributed by atoms with E-state index in [1.165, 1.54) is 11.8 Å². The Morgan fingerprint density at radius 1 is 0.828 bits per heavy atom. The van der Waals surface area contributed by atoms with Gasteiger partial charge < -0.3 is 5.11 Å². The van der Waals surface area contributed by atoms with Crippen molar-refractivity contribution in [1.82, 2.24) is 14.8 Å². The fourth-order valence-corrected chi connectivity index (χ4v) is 3.97. The van der Waals surface area contributed by atoms with E-state index in [1.807, 2.05) is 71.3 Å². The van der Waals surface area contributed by atoms with Crippen LogP contribution in [0.3, 0.4) is 0 Å². The highest BCUT2D eigenvalue weighted by Crippen LogP contribution is 2.34. The van der Waals surface area contributed by atoms with Crippen LogP contribution in [0, 0.1) is 0 Å². The number of rotatable bonds is 7. The number of carboxylic acids is 1. The van der Waals surface area contributed by atoms with Gasteiger partial charge in [-0.2, -0.15) is 0 Å². The minimum atomic E-state index is -0.887. The lowest BCUT2D eigenvalue weighted by Crippen LogP contribution is -2.12. The minimum Gasteiger partial charge on any atom is -0.481 e. The van der Waals surface area contributed by atoms with Crippen LogP contribution in [0.5, 0.6) is 0 Å². The molecular weight excluding hydrogens is 382 g/mol. The summed E-state index contributed by atoms with van der Waals surface area (Å²) in [6.45, 7) is 0. The van der Waals surface area contributed by atoms with Crippen molar-refractivity contribution >= 4 is 17.7 Å². The Labute approximate surface area is 173 Å². The highest BCUT2D eigenvalue weighted by atomic mass is 32.2. The van der Waals surface area contributed by atoms with Gasteiger partial charge in [0.2, 0.25) is 0 Å². The molecule has 29 heavy (non-hydrogen) atoms. The summed E-state index contributed by atoms with van der Waals surface area (Å²) >= 11 is 1.17. The molecule has 0 bridgehead atoms. The van der Waals surface area contributed by atoms with E-state index in [0.29, 0.717) is 5.16 Å². The largest absolute Gasteiger partial charge is 0.481 e. The standard InChI is InChI=1S/C23H19N3O2S/c27-20(28)16-29-23-25-24-22(26(23)19-14-8-3-9-15-19)21(17-10-4-1-5-11-17)18-12-6-2-7-13-18/h1-15,21H,16H2,(H,27,28). The first-order valence-electron chi connectivity index (χ1n) is 9.19. The van der Waals surface area contributed by atoms with Gasteiger partial charge in [-0.15, -0.1) is 10.2 Å². The third-order valence-corrected chi connectivity index (χ3v) is 5.44. The molecule has 144 valence electrons. The molecule has 4 aromatic rings. The molecule has 0 aliphatic rings. The monoisotopic (exact) mass is 401 g/mol. The maximum atomic E-state index is 11.1. The topological polar surface area (TPSA) is 68.0 Å². The van der Waals surface area contributed by atoms with E-state index in [1.54, 1.807) is 0 Å². The van der Waals surface area contributed by atoms with E-state index in [2.05, 4.69) is 34.5 Å². The fraction of sp³-hybridized carbons (Fsp3) is 0.0870. The molecule has 0 atom stereocenters. The van der Waals surface area contributed by atoms with Crippen molar-refractivity contribution in [2.45, 2.75) is 11.1 Å². The summed E-state index contributed by atoms with van der Waals surface area (Å²) in [5.41, 5.74) is 3.09. The molecule has 4 rings (SSSR count). The summed E-state index contributed by atoms with van der Waals surface area (Å²) in [6, 6.07) is 30.1. The van der Waals surface area contributed by atoms with Crippen molar-refractivity contribution in [2.24, 2.45) is 0 Å². The van der Waals surface area contributed by atoms with E-state index in [4.69, 9.17) is 5.11 Å².